The summed E-state index contributed by atoms with van der Waals surface area (Å²) in [7, 11) is -3.51. The number of anilines is 1. The molecule has 0 radical (unpaired) electrons. The average Bonchev–Trinajstić information content (AvgIpc) is 3.03. The van der Waals surface area contributed by atoms with Crippen LogP contribution in [0.4, 0.5) is 5.69 Å². The van der Waals surface area contributed by atoms with Gasteiger partial charge < -0.3 is 5.11 Å². The summed E-state index contributed by atoms with van der Waals surface area (Å²) in [5, 5.41) is 9.01. The molecular formula is C14H18N2O4S. The van der Waals surface area contributed by atoms with Crippen LogP contribution >= 0.6 is 0 Å². The number of nitrogens with zero attached hydrogens (tertiary/aromatic N) is 2. The van der Waals surface area contributed by atoms with Crippen LogP contribution in [-0.2, 0) is 16.6 Å². The van der Waals surface area contributed by atoms with Gasteiger partial charge in [0.05, 0.1) is 11.3 Å². The molecule has 1 saturated heterocycles. The van der Waals surface area contributed by atoms with Gasteiger partial charge in [-0.3, -0.25) is 4.31 Å². The standard InChI is InChI=1S/C14H18N2O4S/c1-10-3-2-7-15(10)21(19,20)16-8-6-11-9-12(14(17)18)4-5-13(11)16/h4-5,9-10H,2-3,6-8H2,1H3,(H,17,18). The Bertz CT molecular complexity index is 686. The Morgan fingerprint density at radius 1 is 1.33 bits per heavy atom. The Morgan fingerprint density at radius 2 is 2.10 bits per heavy atom. The first kappa shape index (κ1) is 14.3. The topological polar surface area (TPSA) is 77.9 Å². The van der Waals surface area contributed by atoms with E-state index in [9.17, 15) is 13.2 Å². The maximum Gasteiger partial charge on any atom is 0.335 e. The Balaban J connectivity index is 1.95. The van der Waals surface area contributed by atoms with E-state index in [1.807, 2.05) is 6.92 Å². The van der Waals surface area contributed by atoms with E-state index in [-0.39, 0.29) is 11.6 Å². The lowest BCUT2D eigenvalue weighted by Gasteiger charge is -2.28. The molecule has 3 rings (SSSR count). The number of carboxylic acids is 1. The van der Waals surface area contributed by atoms with E-state index in [4.69, 9.17) is 5.11 Å². The quantitative estimate of drug-likeness (QED) is 0.917. The highest BCUT2D eigenvalue weighted by atomic mass is 32.2. The first-order chi connectivity index (χ1) is 9.91. The zero-order valence-corrected chi connectivity index (χ0v) is 12.6. The third-order valence-electron chi connectivity index (χ3n) is 4.25. The van der Waals surface area contributed by atoms with E-state index in [1.54, 1.807) is 16.4 Å². The lowest BCUT2D eigenvalue weighted by atomic mass is 10.1. The van der Waals surface area contributed by atoms with E-state index >= 15 is 0 Å². The summed E-state index contributed by atoms with van der Waals surface area (Å²) in [6, 6.07) is 4.66. The second-order valence-electron chi connectivity index (χ2n) is 5.58. The van der Waals surface area contributed by atoms with E-state index in [1.165, 1.54) is 10.4 Å². The number of carboxylic acid groups (broad SMARTS) is 1. The molecule has 1 atom stereocenters. The van der Waals surface area contributed by atoms with Crippen LogP contribution in [0.25, 0.3) is 0 Å². The van der Waals surface area contributed by atoms with Crippen LogP contribution in [-0.4, -0.2) is 42.9 Å². The van der Waals surface area contributed by atoms with Gasteiger partial charge in [0, 0.05) is 19.1 Å². The van der Waals surface area contributed by atoms with Gasteiger partial charge in [0.1, 0.15) is 0 Å². The van der Waals surface area contributed by atoms with Gasteiger partial charge >= 0.3 is 16.2 Å². The lowest BCUT2D eigenvalue weighted by molar-refractivity contribution is 0.0697. The third kappa shape index (κ3) is 2.30. The minimum Gasteiger partial charge on any atom is -0.478 e. The fourth-order valence-electron chi connectivity index (χ4n) is 3.12. The molecule has 2 aliphatic rings. The van der Waals surface area contributed by atoms with Gasteiger partial charge in [-0.25, -0.2) is 4.79 Å². The average molecular weight is 310 g/mol. The van der Waals surface area contributed by atoms with Crippen molar-refractivity contribution in [2.75, 3.05) is 17.4 Å². The van der Waals surface area contributed by atoms with E-state index < -0.39 is 16.2 Å². The smallest absolute Gasteiger partial charge is 0.335 e. The van der Waals surface area contributed by atoms with Gasteiger partial charge in [-0.1, -0.05) is 0 Å². The Morgan fingerprint density at radius 3 is 2.71 bits per heavy atom. The van der Waals surface area contributed by atoms with Gasteiger partial charge in [-0.15, -0.1) is 0 Å². The molecule has 1 unspecified atom stereocenters. The van der Waals surface area contributed by atoms with Crippen LogP contribution in [0, 0.1) is 0 Å². The molecule has 0 aliphatic carbocycles. The second-order valence-corrected chi connectivity index (χ2v) is 7.39. The number of hydrogen-bond donors (Lipinski definition) is 1. The van der Waals surface area contributed by atoms with Gasteiger partial charge in [0.2, 0.25) is 0 Å². The molecule has 2 aliphatic heterocycles. The highest BCUT2D eigenvalue weighted by Gasteiger charge is 2.38. The minimum atomic E-state index is -3.51. The summed E-state index contributed by atoms with van der Waals surface area (Å²) < 4.78 is 28.5. The molecule has 7 heteroatoms. The molecule has 0 aromatic heterocycles. The molecular weight excluding hydrogens is 292 g/mol. The van der Waals surface area contributed by atoms with E-state index in [0.717, 1.165) is 18.4 Å². The minimum absolute atomic E-state index is 0.0253. The second kappa shape index (κ2) is 4.99. The van der Waals surface area contributed by atoms with Crippen LogP contribution < -0.4 is 4.31 Å². The van der Waals surface area contributed by atoms with Crippen LogP contribution in [0.5, 0.6) is 0 Å². The predicted molar refractivity (Wildman–Crippen MR) is 78.8 cm³/mol. The van der Waals surface area contributed by atoms with Crippen LogP contribution in [0.15, 0.2) is 18.2 Å². The number of benzene rings is 1. The van der Waals surface area contributed by atoms with Crippen molar-refractivity contribution in [3.8, 4) is 0 Å². The van der Waals surface area contributed by atoms with Crippen molar-refractivity contribution in [3.05, 3.63) is 29.3 Å². The molecule has 1 aromatic rings. The molecule has 0 spiro atoms. The van der Waals surface area contributed by atoms with Gasteiger partial charge in [-0.05, 0) is 49.9 Å². The van der Waals surface area contributed by atoms with Gasteiger partial charge in [0.15, 0.2) is 0 Å². The molecule has 0 bridgehead atoms. The molecule has 114 valence electrons. The van der Waals surface area contributed by atoms with Crippen molar-refractivity contribution in [2.24, 2.45) is 0 Å². The highest BCUT2D eigenvalue weighted by Crippen LogP contribution is 2.34. The summed E-state index contributed by atoms with van der Waals surface area (Å²) in [5.74, 6) is -0.993. The molecule has 1 N–H and O–H groups in total. The van der Waals surface area contributed by atoms with Crippen LogP contribution in [0.1, 0.15) is 35.7 Å². The van der Waals surface area contributed by atoms with Crippen molar-refractivity contribution >= 4 is 21.9 Å². The summed E-state index contributed by atoms with van der Waals surface area (Å²) in [6.45, 7) is 2.86. The molecule has 2 heterocycles. The Kier molecular flexibility index (Phi) is 3.41. The number of hydrogen-bond acceptors (Lipinski definition) is 3. The summed E-state index contributed by atoms with van der Waals surface area (Å²) in [5.41, 5.74) is 1.59. The van der Waals surface area contributed by atoms with Crippen molar-refractivity contribution in [3.63, 3.8) is 0 Å². The maximum absolute atomic E-state index is 12.8. The highest BCUT2D eigenvalue weighted by molar-refractivity contribution is 7.90. The van der Waals surface area contributed by atoms with Gasteiger partial charge in [-0.2, -0.15) is 12.7 Å². The summed E-state index contributed by atoms with van der Waals surface area (Å²) in [4.78, 5) is 11.0. The normalized spacial score (nSPS) is 22.5. The molecule has 0 amide bonds. The van der Waals surface area contributed by atoms with Crippen LogP contribution in [0.3, 0.4) is 0 Å². The van der Waals surface area contributed by atoms with Crippen molar-refractivity contribution in [1.82, 2.24) is 4.31 Å². The molecule has 1 fully saturated rings. The summed E-state index contributed by atoms with van der Waals surface area (Å²) in [6.07, 6.45) is 2.33. The lowest BCUT2D eigenvalue weighted by Crippen LogP contribution is -2.44. The predicted octanol–water partition coefficient (Wildman–Crippen LogP) is 1.48. The number of rotatable bonds is 3. The van der Waals surface area contributed by atoms with Crippen molar-refractivity contribution in [1.29, 1.82) is 0 Å². The van der Waals surface area contributed by atoms with Crippen molar-refractivity contribution in [2.45, 2.75) is 32.2 Å². The van der Waals surface area contributed by atoms with Gasteiger partial charge in [0.25, 0.3) is 0 Å². The SMILES string of the molecule is CC1CCCN1S(=O)(=O)N1CCc2cc(C(=O)O)ccc21. The zero-order chi connectivity index (χ0) is 15.2. The Hall–Kier alpha value is -1.60. The number of fused-ring (bicyclic) bond motifs is 1. The first-order valence-corrected chi connectivity index (χ1v) is 8.46. The zero-order valence-electron chi connectivity index (χ0n) is 11.8. The van der Waals surface area contributed by atoms with Crippen molar-refractivity contribution < 1.29 is 18.3 Å². The fraction of sp³-hybridized carbons (Fsp3) is 0.500. The van der Waals surface area contributed by atoms with E-state index in [0.29, 0.717) is 25.2 Å². The largest absolute Gasteiger partial charge is 0.478 e. The molecule has 1 aromatic carbocycles. The first-order valence-electron chi connectivity index (χ1n) is 7.07. The van der Waals surface area contributed by atoms with Crippen LogP contribution in [0.2, 0.25) is 0 Å². The fourth-order valence-corrected chi connectivity index (χ4v) is 5.04. The third-order valence-corrected chi connectivity index (χ3v) is 6.32. The molecule has 21 heavy (non-hydrogen) atoms. The number of aromatic carboxylic acids is 1. The Labute approximate surface area is 124 Å². The van der Waals surface area contributed by atoms with E-state index in [2.05, 4.69) is 0 Å². The maximum atomic E-state index is 12.8. The molecule has 0 saturated carbocycles. The number of carbonyl (C=O) groups is 1. The molecule has 6 nitrogen and oxygen atoms in total. The monoisotopic (exact) mass is 310 g/mol. The summed E-state index contributed by atoms with van der Waals surface area (Å²) >= 11 is 0.